The van der Waals surface area contributed by atoms with Crippen molar-refractivity contribution in [3.05, 3.63) is 38.3 Å². The monoisotopic (exact) mass is 344 g/mol. The summed E-state index contributed by atoms with van der Waals surface area (Å²) in [4.78, 5) is 36.8. The van der Waals surface area contributed by atoms with Gasteiger partial charge in [-0.05, 0) is 24.7 Å². The number of carbonyl (C=O) groups excluding carboxylic acids is 1. The van der Waals surface area contributed by atoms with E-state index in [1.165, 1.54) is 19.3 Å². The molecule has 1 aromatic rings. The summed E-state index contributed by atoms with van der Waals surface area (Å²) >= 11 is 0. The number of piperidine rings is 1. The molecule has 8 nitrogen and oxygen atoms in total. The Bertz CT molecular complexity index is 795. The van der Waals surface area contributed by atoms with Crippen LogP contribution in [0.4, 0.5) is 5.69 Å². The SMILES string of the molecule is N#Cc1cc([N+](=O)[O-])cn(CC(=O)N2CC[C@@H]3CCCC[C@H]3C2)c1=O. The Balaban J connectivity index is 1.77. The third-order valence-electron chi connectivity index (χ3n) is 5.35. The molecule has 0 N–H and O–H groups in total. The van der Waals surface area contributed by atoms with Crippen LogP contribution in [-0.4, -0.2) is 33.4 Å². The zero-order valence-electron chi connectivity index (χ0n) is 13.9. The highest BCUT2D eigenvalue weighted by Crippen LogP contribution is 2.36. The second-order valence-corrected chi connectivity index (χ2v) is 6.85. The molecular weight excluding hydrogens is 324 g/mol. The fourth-order valence-electron chi connectivity index (χ4n) is 3.99. The molecule has 2 heterocycles. The average molecular weight is 344 g/mol. The molecule has 1 amide bonds. The number of fused-ring (bicyclic) bond motifs is 1. The van der Waals surface area contributed by atoms with Crippen molar-refractivity contribution < 1.29 is 9.72 Å². The van der Waals surface area contributed by atoms with Gasteiger partial charge in [0, 0.05) is 19.2 Å². The minimum Gasteiger partial charge on any atom is -0.341 e. The molecule has 2 atom stereocenters. The molecule has 8 heteroatoms. The summed E-state index contributed by atoms with van der Waals surface area (Å²) in [5.41, 5.74) is -1.36. The highest BCUT2D eigenvalue weighted by Gasteiger charge is 2.33. The van der Waals surface area contributed by atoms with Crippen LogP contribution in [0.5, 0.6) is 0 Å². The molecule has 0 aromatic carbocycles. The molecule has 1 aliphatic heterocycles. The van der Waals surface area contributed by atoms with Crippen LogP contribution < -0.4 is 5.56 Å². The van der Waals surface area contributed by atoms with Gasteiger partial charge in [-0.3, -0.25) is 24.3 Å². The lowest BCUT2D eigenvalue weighted by Gasteiger charge is -2.41. The highest BCUT2D eigenvalue weighted by molar-refractivity contribution is 5.76. The number of rotatable bonds is 3. The summed E-state index contributed by atoms with van der Waals surface area (Å²) in [5.74, 6) is 0.974. The van der Waals surface area contributed by atoms with Gasteiger partial charge in [0.1, 0.15) is 18.2 Å². The standard InChI is InChI=1S/C17H20N4O4/c18-8-14-7-15(21(24)25)10-20(17(14)23)11-16(22)19-6-5-12-3-1-2-4-13(12)9-19/h7,10,12-13H,1-6,9,11H2/t12-,13-/m0/s1. The topological polar surface area (TPSA) is 109 Å². The van der Waals surface area contributed by atoms with E-state index in [9.17, 15) is 19.7 Å². The molecule has 0 unspecified atom stereocenters. The number of hydrogen-bond donors (Lipinski definition) is 0. The Labute approximate surface area is 144 Å². The molecule has 1 saturated heterocycles. The van der Waals surface area contributed by atoms with E-state index in [0.717, 1.165) is 29.7 Å². The zero-order chi connectivity index (χ0) is 18.0. The second kappa shape index (κ2) is 7.05. The van der Waals surface area contributed by atoms with Crippen LogP contribution in [0.15, 0.2) is 17.1 Å². The van der Waals surface area contributed by atoms with Crippen molar-refractivity contribution in [3.63, 3.8) is 0 Å². The third kappa shape index (κ3) is 3.55. The molecule has 25 heavy (non-hydrogen) atoms. The molecule has 1 aromatic heterocycles. The number of nitriles is 1. The van der Waals surface area contributed by atoms with Gasteiger partial charge in [-0.2, -0.15) is 5.26 Å². The van der Waals surface area contributed by atoms with Gasteiger partial charge in [0.15, 0.2) is 0 Å². The number of likely N-dealkylation sites (tertiary alicyclic amines) is 1. The fourth-order valence-corrected chi connectivity index (χ4v) is 3.99. The maximum atomic E-state index is 12.6. The molecule has 132 valence electrons. The van der Waals surface area contributed by atoms with Crippen molar-refractivity contribution in [1.82, 2.24) is 9.47 Å². The zero-order valence-corrected chi connectivity index (χ0v) is 13.9. The van der Waals surface area contributed by atoms with E-state index in [0.29, 0.717) is 24.9 Å². The minimum atomic E-state index is -0.672. The first-order valence-electron chi connectivity index (χ1n) is 8.56. The number of nitrogens with zero attached hydrogens (tertiary/aromatic N) is 4. The van der Waals surface area contributed by atoms with Crippen molar-refractivity contribution in [2.45, 2.75) is 38.6 Å². The van der Waals surface area contributed by atoms with Gasteiger partial charge in [0.2, 0.25) is 5.91 Å². The molecule has 2 fully saturated rings. The summed E-state index contributed by atoms with van der Waals surface area (Å²) in [6.07, 6.45) is 6.82. The number of amides is 1. The van der Waals surface area contributed by atoms with E-state index >= 15 is 0 Å². The van der Waals surface area contributed by atoms with Crippen LogP contribution >= 0.6 is 0 Å². The average Bonchev–Trinajstić information content (AvgIpc) is 2.62. The summed E-state index contributed by atoms with van der Waals surface area (Å²) in [6.45, 7) is 1.08. The van der Waals surface area contributed by atoms with Gasteiger partial charge in [-0.1, -0.05) is 19.3 Å². The van der Waals surface area contributed by atoms with E-state index in [4.69, 9.17) is 5.26 Å². The fraction of sp³-hybridized carbons (Fsp3) is 0.588. The highest BCUT2D eigenvalue weighted by atomic mass is 16.6. The van der Waals surface area contributed by atoms with E-state index in [-0.39, 0.29) is 23.7 Å². The molecule has 0 bridgehead atoms. The second-order valence-electron chi connectivity index (χ2n) is 6.85. The third-order valence-corrected chi connectivity index (χ3v) is 5.35. The Morgan fingerprint density at radius 2 is 2.04 bits per heavy atom. The van der Waals surface area contributed by atoms with E-state index in [2.05, 4.69) is 0 Å². The van der Waals surface area contributed by atoms with Crippen molar-refractivity contribution in [2.24, 2.45) is 11.8 Å². The Kier molecular flexibility index (Phi) is 4.83. The van der Waals surface area contributed by atoms with Crippen LogP contribution in [0.3, 0.4) is 0 Å². The maximum absolute atomic E-state index is 12.6. The van der Waals surface area contributed by atoms with Crippen molar-refractivity contribution in [2.75, 3.05) is 13.1 Å². The van der Waals surface area contributed by atoms with E-state index in [1.807, 2.05) is 0 Å². The number of hydrogen-bond acceptors (Lipinski definition) is 5. The predicted molar refractivity (Wildman–Crippen MR) is 88.7 cm³/mol. The van der Waals surface area contributed by atoms with Crippen molar-refractivity contribution in [1.29, 1.82) is 5.26 Å². The Morgan fingerprint density at radius 1 is 1.32 bits per heavy atom. The van der Waals surface area contributed by atoms with Crippen molar-refractivity contribution >= 4 is 11.6 Å². The summed E-state index contributed by atoms with van der Waals surface area (Å²) < 4.78 is 0.978. The first kappa shape index (κ1) is 17.1. The number of pyridine rings is 1. The van der Waals surface area contributed by atoms with Gasteiger partial charge < -0.3 is 4.90 Å². The predicted octanol–water partition coefficient (Wildman–Crippen LogP) is 1.67. The van der Waals surface area contributed by atoms with Crippen molar-refractivity contribution in [3.8, 4) is 6.07 Å². The molecule has 2 aliphatic rings. The maximum Gasteiger partial charge on any atom is 0.287 e. The smallest absolute Gasteiger partial charge is 0.287 e. The molecule has 1 saturated carbocycles. The molecule has 0 radical (unpaired) electrons. The van der Waals surface area contributed by atoms with E-state index < -0.39 is 10.5 Å². The first-order chi connectivity index (χ1) is 12.0. The Hall–Kier alpha value is -2.69. The number of carbonyl (C=O) groups is 1. The van der Waals surface area contributed by atoms with Crippen LogP contribution in [0.25, 0.3) is 0 Å². The van der Waals surface area contributed by atoms with Gasteiger partial charge in [-0.25, -0.2) is 0 Å². The van der Waals surface area contributed by atoms with Crippen LogP contribution in [0.1, 0.15) is 37.7 Å². The van der Waals surface area contributed by atoms with Gasteiger partial charge >= 0.3 is 0 Å². The lowest BCUT2D eigenvalue weighted by Crippen LogP contribution is -2.46. The number of nitro groups is 1. The number of aromatic nitrogens is 1. The largest absolute Gasteiger partial charge is 0.341 e. The summed E-state index contributed by atoms with van der Waals surface area (Å²) in [5, 5.41) is 19.9. The molecule has 3 rings (SSSR count). The van der Waals surface area contributed by atoms with Crippen LogP contribution in [0.2, 0.25) is 0 Å². The van der Waals surface area contributed by atoms with Crippen LogP contribution in [0, 0.1) is 33.3 Å². The summed E-state index contributed by atoms with van der Waals surface area (Å²) in [7, 11) is 0. The van der Waals surface area contributed by atoms with Gasteiger partial charge in [0.05, 0.1) is 11.1 Å². The normalized spacial score (nSPS) is 22.8. The Morgan fingerprint density at radius 3 is 2.72 bits per heavy atom. The quantitative estimate of drug-likeness (QED) is 0.612. The van der Waals surface area contributed by atoms with Gasteiger partial charge in [-0.15, -0.1) is 0 Å². The van der Waals surface area contributed by atoms with Gasteiger partial charge in [0.25, 0.3) is 11.2 Å². The lowest BCUT2D eigenvalue weighted by molar-refractivity contribution is -0.385. The van der Waals surface area contributed by atoms with Crippen LogP contribution in [-0.2, 0) is 11.3 Å². The first-order valence-corrected chi connectivity index (χ1v) is 8.56. The molecule has 0 spiro atoms. The molecular formula is C17H20N4O4. The van der Waals surface area contributed by atoms with E-state index in [1.54, 1.807) is 11.0 Å². The summed E-state index contributed by atoms with van der Waals surface area (Å²) in [6, 6.07) is 2.60. The minimum absolute atomic E-state index is 0.226. The molecule has 1 aliphatic carbocycles. The lowest BCUT2D eigenvalue weighted by atomic mass is 9.75.